The maximum atomic E-state index is 8.91. The van der Waals surface area contributed by atoms with Crippen LogP contribution in [0.5, 0.6) is 0 Å². The number of nitrogens with zero attached hydrogens (tertiary/aromatic N) is 1. The molecule has 0 aromatic heterocycles. The van der Waals surface area contributed by atoms with E-state index in [9.17, 15) is 0 Å². The minimum absolute atomic E-state index is 0.851. The Morgan fingerprint density at radius 3 is 2.25 bits per heavy atom. The van der Waals surface area contributed by atoms with E-state index in [0.29, 0.717) is 0 Å². The normalized spacial score (nSPS) is 11.8. The Labute approximate surface area is 49.1 Å². The second-order valence-electron chi connectivity index (χ2n) is 2.12. The number of nitriles is 1. The maximum absolute atomic E-state index is 8.91. The van der Waals surface area contributed by atoms with Crippen LogP contribution in [0, 0.1) is 11.3 Å². The van der Waals surface area contributed by atoms with E-state index in [2.05, 4.69) is 0 Å². The molecule has 2 nitrogen and oxygen atoms in total. The molecule has 0 aromatic rings. The Bertz CT molecular complexity index is 124. The van der Waals surface area contributed by atoms with Gasteiger partial charge in [-0.3, -0.25) is 0 Å². The Kier molecular flexibility index (Phi) is 2.23. The summed E-state index contributed by atoms with van der Waals surface area (Å²) in [7, 11) is 0. The van der Waals surface area contributed by atoms with E-state index in [4.69, 9.17) is 10.4 Å². The molecule has 0 atom stereocenters. The first-order chi connectivity index (χ1) is 3.56. The van der Waals surface area contributed by atoms with Gasteiger partial charge in [0.25, 0.3) is 0 Å². The van der Waals surface area contributed by atoms with Crippen LogP contribution in [0.15, 0.2) is 12.2 Å². The number of hydrogen-bond acceptors (Lipinski definition) is 2. The molecule has 44 valence electrons. The minimum atomic E-state index is -0.851. The lowest BCUT2D eigenvalue weighted by atomic mass is 10.1. The van der Waals surface area contributed by atoms with Gasteiger partial charge in [-0.2, -0.15) is 5.26 Å². The van der Waals surface area contributed by atoms with Gasteiger partial charge >= 0.3 is 0 Å². The van der Waals surface area contributed by atoms with Gasteiger partial charge in [-0.1, -0.05) is 0 Å². The Morgan fingerprint density at radius 1 is 1.62 bits per heavy atom. The first-order valence-corrected chi connectivity index (χ1v) is 2.36. The van der Waals surface area contributed by atoms with Gasteiger partial charge in [0, 0.05) is 6.08 Å². The van der Waals surface area contributed by atoms with Crippen molar-refractivity contribution in [2.24, 2.45) is 0 Å². The van der Waals surface area contributed by atoms with Crippen molar-refractivity contribution in [2.45, 2.75) is 19.4 Å². The highest BCUT2D eigenvalue weighted by atomic mass is 16.3. The molecule has 0 aliphatic carbocycles. The third-order valence-corrected chi connectivity index (χ3v) is 0.566. The molecule has 0 aromatic carbocycles. The number of aliphatic hydroxyl groups is 1. The van der Waals surface area contributed by atoms with E-state index < -0.39 is 5.60 Å². The van der Waals surface area contributed by atoms with Crippen LogP contribution >= 0.6 is 0 Å². The van der Waals surface area contributed by atoms with Gasteiger partial charge in [0.1, 0.15) is 0 Å². The van der Waals surface area contributed by atoms with E-state index in [-0.39, 0.29) is 0 Å². The minimum Gasteiger partial charge on any atom is -0.386 e. The third-order valence-electron chi connectivity index (χ3n) is 0.566. The van der Waals surface area contributed by atoms with Crippen LogP contribution in [-0.2, 0) is 0 Å². The van der Waals surface area contributed by atoms with Crippen LogP contribution < -0.4 is 0 Å². The standard InChI is InChI=1S/C6H9NO/c1-6(2,8)4-3-5-7/h3-4,8H,1-2H3/b4-3+. The zero-order valence-electron chi connectivity index (χ0n) is 5.05. The van der Waals surface area contributed by atoms with Gasteiger partial charge in [-0.05, 0) is 19.9 Å². The molecular weight excluding hydrogens is 102 g/mol. The molecule has 0 saturated heterocycles. The molecule has 0 saturated carbocycles. The van der Waals surface area contributed by atoms with E-state index in [1.54, 1.807) is 19.9 Å². The summed E-state index contributed by atoms with van der Waals surface area (Å²) in [6.45, 7) is 3.22. The van der Waals surface area contributed by atoms with Crippen molar-refractivity contribution in [3.8, 4) is 6.07 Å². The molecule has 2 heteroatoms. The molecule has 0 radical (unpaired) electrons. The summed E-state index contributed by atoms with van der Waals surface area (Å²) < 4.78 is 0. The highest BCUT2D eigenvalue weighted by Gasteiger charge is 2.04. The molecule has 0 spiro atoms. The lowest BCUT2D eigenvalue weighted by Gasteiger charge is -2.07. The SMILES string of the molecule is CC(C)(O)/C=C/C#N. The highest BCUT2D eigenvalue weighted by molar-refractivity contribution is 5.07. The first-order valence-electron chi connectivity index (χ1n) is 2.36. The van der Waals surface area contributed by atoms with Crippen molar-refractivity contribution in [2.75, 3.05) is 0 Å². The van der Waals surface area contributed by atoms with Crippen LogP contribution in [0.1, 0.15) is 13.8 Å². The van der Waals surface area contributed by atoms with Crippen LogP contribution in [0.3, 0.4) is 0 Å². The van der Waals surface area contributed by atoms with E-state index in [1.165, 1.54) is 12.2 Å². The molecule has 0 rings (SSSR count). The molecular formula is C6H9NO. The predicted octanol–water partition coefficient (Wildman–Crippen LogP) is 0.837. The zero-order valence-corrected chi connectivity index (χ0v) is 5.05. The summed E-state index contributed by atoms with van der Waals surface area (Å²) in [5, 5.41) is 16.9. The summed E-state index contributed by atoms with van der Waals surface area (Å²) in [4.78, 5) is 0. The molecule has 0 fully saturated rings. The Balaban J connectivity index is 3.75. The largest absolute Gasteiger partial charge is 0.386 e. The van der Waals surface area contributed by atoms with Crippen LogP contribution in [-0.4, -0.2) is 10.7 Å². The number of allylic oxidation sites excluding steroid dienone is 1. The van der Waals surface area contributed by atoms with Crippen molar-refractivity contribution < 1.29 is 5.11 Å². The highest BCUT2D eigenvalue weighted by Crippen LogP contribution is 2.00. The van der Waals surface area contributed by atoms with Crippen LogP contribution in [0.4, 0.5) is 0 Å². The molecule has 0 amide bonds. The van der Waals surface area contributed by atoms with E-state index in [1.807, 2.05) is 0 Å². The summed E-state index contributed by atoms with van der Waals surface area (Å²) in [5.41, 5.74) is -0.851. The van der Waals surface area contributed by atoms with Crippen LogP contribution in [0.25, 0.3) is 0 Å². The maximum Gasteiger partial charge on any atom is 0.0909 e. The van der Waals surface area contributed by atoms with Crippen molar-refractivity contribution in [3.05, 3.63) is 12.2 Å². The van der Waals surface area contributed by atoms with Gasteiger partial charge in [0.15, 0.2) is 0 Å². The quantitative estimate of drug-likeness (QED) is 0.509. The third kappa shape index (κ3) is 5.19. The molecule has 0 aliphatic rings. The zero-order chi connectivity index (χ0) is 6.62. The molecule has 8 heavy (non-hydrogen) atoms. The predicted molar refractivity (Wildman–Crippen MR) is 31.1 cm³/mol. The fourth-order valence-corrected chi connectivity index (χ4v) is 0.241. The lowest BCUT2D eigenvalue weighted by molar-refractivity contribution is 0.133. The van der Waals surface area contributed by atoms with Gasteiger partial charge in [0.05, 0.1) is 11.7 Å². The summed E-state index contributed by atoms with van der Waals surface area (Å²) >= 11 is 0. The molecule has 0 unspecified atom stereocenters. The topological polar surface area (TPSA) is 44.0 Å². The number of rotatable bonds is 1. The molecule has 0 bridgehead atoms. The summed E-state index contributed by atoms with van der Waals surface area (Å²) in [6.07, 6.45) is 2.70. The Hall–Kier alpha value is -0.810. The molecule has 0 aliphatic heterocycles. The fraction of sp³-hybridized carbons (Fsp3) is 0.500. The monoisotopic (exact) mass is 111 g/mol. The van der Waals surface area contributed by atoms with Gasteiger partial charge in [0.2, 0.25) is 0 Å². The second kappa shape index (κ2) is 2.49. The summed E-state index contributed by atoms with van der Waals surface area (Å²) in [6, 6.07) is 1.78. The van der Waals surface area contributed by atoms with Crippen molar-refractivity contribution in [1.29, 1.82) is 5.26 Å². The van der Waals surface area contributed by atoms with Gasteiger partial charge in [-0.25, -0.2) is 0 Å². The molecule has 0 heterocycles. The van der Waals surface area contributed by atoms with E-state index >= 15 is 0 Å². The molecule has 1 N–H and O–H groups in total. The smallest absolute Gasteiger partial charge is 0.0909 e. The second-order valence-corrected chi connectivity index (χ2v) is 2.12. The summed E-state index contributed by atoms with van der Waals surface area (Å²) in [5.74, 6) is 0. The Morgan fingerprint density at radius 2 is 2.12 bits per heavy atom. The van der Waals surface area contributed by atoms with Gasteiger partial charge in [-0.15, -0.1) is 0 Å². The van der Waals surface area contributed by atoms with Crippen molar-refractivity contribution >= 4 is 0 Å². The van der Waals surface area contributed by atoms with Crippen molar-refractivity contribution in [3.63, 3.8) is 0 Å². The van der Waals surface area contributed by atoms with Crippen molar-refractivity contribution in [1.82, 2.24) is 0 Å². The fourth-order valence-electron chi connectivity index (χ4n) is 0.241. The number of hydrogen-bond donors (Lipinski definition) is 1. The van der Waals surface area contributed by atoms with Gasteiger partial charge < -0.3 is 5.11 Å². The van der Waals surface area contributed by atoms with E-state index in [0.717, 1.165) is 0 Å². The average Bonchev–Trinajstić information content (AvgIpc) is 1.59. The average molecular weight is 111 g/mol. The first kappa shape index (κ1) is 7.19. The van der Waals surface area contributed by atoms with Crippen LogP contribution in [0.2, 0.25) is 0 Å². The lowest BCUT2D eigenvalue weighted by Crippen LogP contribution is -2.13.